The lowest BCUT2D eigenvalue weighted by atomic mass is 10.1. The lowest BCUT2D eigenvalue weighted by Gasteiger charge is -2.10. The van der Waals surface area contributed by atoms with Crippen LogP contribution in [0.15, 0.2) is 34.7 Å². The third kappa shape index (κ3) is 3.33. The van der Waals surface area contributed by atoms with Crippen molar-refractivity contribution in [3.63, 3.8) is 0 Å². The molecule has 0 bridgehead atoms. The van der Waals surface area contributed by atoms with Crippen molar-refractivity contribution < 1.29 is 0 Å². The van der Waals surface area contributed by atoms with Gasteiger partial charge in [0, 0.05) is 23.2 Å². The van der Waals surface area contributed by atoms with Crippen LogP contribution in [0.5, 0.6) is 0 Å². The van der Waals surface area contributed by atoms with Crippen LogP contribution in [0.1, 0.15) is 18.3 Å². The van der Waals surface area contributed by atoms with E-state index in [1.807, 2.05) is 25.1 Å². The molecular formula is C15H16N4S2. The predicted octanol–water partition coefficient (Wildman–Crippen LogP) is 4.12. The Morgan fingerprint density at radius 1 is 1.24 bits per heavy atom. The number of para-hydroxylation sites is 1. The molecule has 0 aliphatic rings. The number of pyridine rings is 1. The summed E-state index contributed by atoms with van der Waals surface area (Å²) >= 11 is 3.16. The van der Waals surface area contributed by atoms with E-state index in [0.717, 1.165) is 33.8 Å². The molecule has 0 aliphatic heterocycles. The smallest absolute Gasteiger partial charge is 0.170 e. The fraction of sp³-hybridized carbons (Fsp3) is 0.267. The predicted molar refractivity (Wildman–Crippen MR) is 90.1 cm³/mol. The van der Waals surface area contributed by atoms with Gasteiger partial charge >= 0.3 is 0 Å². The van der Waals surface area contributed by atoms with Gasteiger partial charge in [-0.05, 0) is 37.5 Å². The average Bonchev–Trinajstić information content (AvgIpc) is 2.91. The molecule has 4 nitrogen and oxygen atoms in total. The molecule has 3 aromatic rings. The summed E-state index contributed by atoms with van der Waals surface area (Å²) in [5.74, 6) is 2.64. The lowest BCUT2D eigenvalue weighted by Crippen LogP contribution is -2.03. The molecule has 0 amide bonds. The van der Waals surface area contributed by atoms with Crippen LogP contribution in [0, 0.1) is 6.92 Å². The second-order valence-corrected chi connectivity index (χ2v) is 6.59. The largest absolute Gasteiger partial charge is 0.370 e. The summed E-state index contributed by atoms with van der Waals surface area (Å²) in [5.41, 5.74) is 2.22. The highest BCUT2D eigenvalue weighted by Crippen LogP contribution is 2.29. The van der Waals surface area contributed by atoms with Gasteiger partial charge in [-0.3, -0.25) is 0 Å². The summed E-state index contributed by atoms with van der Waals surface area (Å²) < 4.78 is 5.22. The molecule has 1 aromatic carbocycles. The Balaban J connectivity index is 1.89. The second-order valence-electron chi connectivity index (χ2n) is 4.62. The molecule has 3 rings (SSSR count). The molecule has 0 fully saturated rings. The van der Waals surface area contributed by atoms with Gasteiger partial charge in [0.25, 0.3) is 0 Å². The Bertz CT molecular complexity index is 754. The van der Waals surface area contributed by atoms with Crippen molar-refractivity contribution in [2.24, 2.45) is 0 Å². The van der Waals surface area contributed by atoms with Crippen molar-refractivity contribution in [2.75, 3.05) is 11.9 Å². The quantitative estimate of drug-likeness (QED) is 0.718. The van der Waals surface area contributed by atoms with Crippen molar-refractivity contribution in [1.29, 1.82) is 0 Å². The zero-order chi connectivity index (χ0) is 14.7. The molecule has 1 N–H and O–H groups in total. The molecule has 0 aliphatic carbocycles. The second kappa shape index (κ2) is 6.41. The molecule has 21 heavy (non-hydrogen) atoms. The van der Waals surface area contributed by atoms with Crippen LogP contribution in [0.4, 0.5) is 5.82 Å². The molecule has 0 unspecified atom stereocenters. The first-order valence-electron chi connectivity index (χ1n) is 6.82. The van der Waals surface area contributed by atoms with E-state index >= 15 is 0 Å². The van der Waals surface area contributed by atoms with Gasteiger partial charge in [0.2, 0.25) is 0 Å². The molecule has 0 radical (unpaired) electrons. The van der Waals surface area contributed by atoms with E-state index in [9.17, 15) is 0 Å². The van der Waals surface area contributed by atoms with Crippen LogP contribution in [0.3, 0.4) is 0 Å². The molecule has 0 saturated carbocycles. The Labute approximate surface area is 132 Å². The van der Waals surface area contributed by atoms with E-state index in [2.05, 4.69) is 33.7 Å². The highest BCUT2D eigenvalue weighted by molar-refractivity contribution is 8.00. The minimum atomic E-state index is 0.839. The number of benzene rings is 1. The van der Waals surface area contributed by atoms with Gasteiger partial charge in [0.1, 0.15) is 11.6 Å². The molecule has 0 spiro atoms. The fourth-order valence-corrected chi connectivity index (χ4v) is 3.69. The zero-order valence-electron chi connectivity index (χ0n) is 12.0. The molecule has 0 saturated heterocycles. The topological polar surface area (TPSA) is 50.7 Å². The molecule has 0 atom stereocenters. The first kappa shape index (κ1) is 14.3. The van der Waals surface area contributed by atoms with Crippen molar-refractivity contribution in [3.05, 3.63) is 41.7 Å². The normalized spacial score (nSPS) is 11.0. The van der Waals surface area contributed by atoms with Crippen molar-refractivity contribution >= 4 is 40.0 Å². The minimum absolute atomic E-state index is 0.839. The summed E-state index contributed by atoms with van der Waals surface area (Å²) in [6, 6.07) is 10.4. The average molecular weight is 316 g/mol. The molecule has 108 valence electrons. The number of hydrogen-bond donors (Lipinski definition) is 1. The first-order valence-corrected chi connectivity index (χ1v) is 8.58. The number of anilines is 1. The van der Waals surface area contributed by atoms with E-state index in [4.69, 9.17) is 4.98 Å². The summed E-state index contributed by atoms with van der Waals surface area (Å²) in [6.45, 7) is 4.87. The summed E-state index contributed by atoms with van der Waals surface area (Å²) in [7, 11) is 0. The highest BCUT2D eigenvalue weighted by atomic mass is 32.2. The van der Waals surface area contributed by atoms with Gasteiger partial charge in [-0.1, -0.05) is 30.0 Å². The Morgan fingerprint density at radius 3 is 2.86 bits per heavy atom. The maximum Gasteiger partial charge on any atom is 0.170 e. The number of nitrogens with zero attached hydrogens (tertiary/aromatic N) is 3. The molecule has 2 heterocycles. The number of aromatic nitrogens is 3. The van der Waals surface area contributed by atoms with Crippen molar-refractivity contribution in [1.82, 2.24) is 14.3 Å². The van der Waals surface area contributed by atoms with Crippen LogP contribution in [0.25, 0.3) is 10.9 Å². The van der Waals surface area contributed by atoms with Crippen molar-refractivity contribution in [3.8, 4) is 0 Å². The standard InChI is InChI=1S/C15H16N4S2/c1-3-16-14-12(9-20-15-17-10(2)19-21-15)8-11-6-4-5-7-13(11)18-14/h4-8H,3,9H2,1-2H3,(H,16,18). The summed E-state index contributed by atoms with van der Waals surface area (Å²) in [5, 5.41) is 4.52. The van der Waals surface area contributed by atoms with Gasteiger partial charge in [-0.25, -0.2) is 9.97 Å². The Hall–Kier alpha value is -1.66. The van der Waals surface area contributed by atoms with Gasteiger partial charge in [0.15, 0.2) is 4.34 Å². The number of thioether (sulfide) groups is 1. The Morgan fingerprint density at radius 2 is 2.10 bits per heavy atom. The minimum Gasteiger partial charge on any atom is -0.370 e. The zero-order valence-corrected chi connectivity index (χ0v) is 13.6. The third-order valence-corrected chi connectivity index (χ3v) is 4.98. The van der Waals surface area contributed by atoms with Gasteiger partial charge in [0.05, 0.1) is 5.52 Å². The van der Waals surface area contributed by atoms with Gasteiger partial charge < -0.3 is 5.32 Å². The van der Waals surface area contributed by atoms with Crippen LogP contribution < -0.4 is 5.32 Å². The van der Waals surface area contributed by atoms with E-state index in [0.29, 0.717) is 0 Å². The van der Waals surface area contributed by atoms with Crippen LogP contribution in [-0.4, -0.2) is 20.9 Å². The number of fused-ring (bicyclic) bond motifs is 1. The number of hydrogen-bond acceptors (Lipinski definition) is 6. The highest BCUT2D eigenvalue weighted by Gasteiger charge is 2.08. The first-order chi connectivity index (χ1) is 10.3. The number of aryl methyl sites for hydroxylation is 1. The summed E-state index contributed by atoms with van der Waals surface area (Å²) in [4.78, 5) is 9.12. The van der Waals surface area contributed by atoms with Gasteiger partial charge in [-0.15, -0.1) is 0 Å². The van der Waals surface area contributed by atoms with Crippen LogP contribution >= 0.6 is 23.3 Å². The molecule has 2 aromatic heterocycles. The van der Waals surface area contributed by atoms with E-state index in [-0.39, 0.29) is 0 Å². The van der Waals surface area contributed by atoms with Crippen LogP contribution in [0.2, 0.25) is 0 Å². The monoisotopic (exact) mass is 316 g/mol. The van der Waals surface area contributed by atoms with Crippen LogP contribution in [-0.2, 0) is 5.75 Å². The lowest BCUT2D eigenvalue weighted by molar-refractivity contribution is 1.10. The van der Waals surface area contributed by atoms with Crippen molar-refractivity contribution in [2.45, 2.75) is 23.9 Å². The van der Waals surface area contributed by atoms with Gasteiger partial charge in [-0.2, -0.15) is 4.37 Å². The Kier molecular flexibility index (Phi) is 4.36. The number of nitrogens with one attached hydrogen (secondary N) is 1. The molecular weight excluding hydrogens is 300 g/mol. The summed E-state index contributed by atoms with van der Waals surface area (Å²) in [6.07, 6.45) is 0. The fourth-order valence-electron chi connectivity index (χ4n) is 2.07. The SMILES string of the molecule is CCNc1nc2ccccc2cc1CSc1nc(C)ns1. The van der Waals surface area contributed by atoms with E-state index < -0.39 is 0 Å². The third-order valence-electron chi connectivity index (χ3n) is 3.01. The maximum absolute atomic E-state index is 4.73. The van der Waals surface area contributed by atoms with E-state index in [1.54, 1.807) is 11.8 Å². The maximum atomic E-state index is 4.73. The number of rotatable bonds is 5. The molecule has 6 heteroatoms. The van der Waals surface area contributed by atoms with E-state index in [1.165, 1.54) is 22.5 Å².